The first kappa shape index (κ1) is 19.0. The molecule has 2 rings (SSSR count). The molecule has 2 amide bonds. The van der Waals surface area contributed by atoms with Crippen molar-refractivity contribution in [2.24, 2.45) is 5.73 Å². The van der Waals surface area contributed by atoms with Crippen LogP contribution in [0.1, 0.15) is 22.8 Å². The van der Waals surface area contributed by atoms with E-state index in [2.05, 4.69) is 10.6 Å². The van der Waals surface area contributed by atoms with Crippen LogP contribution < -0.4 is 16.4 Å². The van der Waals surface area contributed by atoms with Gasteiger partial charge in [0.05, 0.1) is 16.5 Å². The van der Waals surface area contributed by atoms with Crippen LogP contribution in [-0.4, -0.2) is 30.2 Å². The van der Waals surface area contributed by atoms with Crippen molar-refractivity contribution in [2.75, 3.05) is 18.4 Å². The molecule has 4 N–H and O–H groups in total. The van der Waals surface area contributed by atoms with Crippen LogP contribution in [0, 0.1) is 0 Å². The van der Waals surface area contributed by atoms with E-state index in [4.69, 9.17) is 5.73 Å². The first-order chi connectivity index (χ1) is 12.1. The van der Waals surface area contributed by atoms with E-state index in [1.807, 2.05) is 37.3 Å². The van der Waals surface area contributed by atoms with E-state index in [9.17, 15) is 9.59 Å². The summed E-state index contributed by atoms with van der Waals surface area (Å²) in [6.07, 6.45) is 0. The minimum absolute atomic E-state index is 0.125. The molecule has 6 heteroatoms. The highest BCUT2D eigenvalue weighted by molar-refractivity contribution is 7.99. The molecule has 0 fully saturated rings. The van der Waals surface area contributed by atoms with Crippen LogP contribution in [0.4, 0.5) is 5.69 Å². The third kappa shape index (κ3) is 5.92. The second kappa shape index (κ2) is 9.86. The summed E-state index contributed by atoms with van der Waals surface area (Å²) in [4.78, 5) is 24.6. The van der Waals surface area contributed by atoms with Crippen molar-refractivity contribution in [1.82, 2.24) is 5.32 Å². The second-order valence-corrected chi connectivity index (χ2v) is 6.85. The number of rotatable bonds is 8. The van der Waals surface area contributed by atoms with E-state index < -0.39 is 0 Å². The van der Waals surface area contributed by atoms with Gasteiger partial charge in [-0.1, -0.05) is 42.5 Å². The van der Waals surface area contributed by atoms with E-state index in [1.54, 1.807) is 36.0 Å². The van der Waals surface area contributed by atoms with E-state index in [0.29, 0.717) is 24.3 Å². The van der Waals surface area contributed by atoms with Crippen LogP contribution in [-0.2, 0) is 10.5 Å². The maximum absolute atomic E-state index is 12.4. The Balaban J connectivity index is 1.96. The highest BCUT2D eigenvalue weighted by Crippen LogP contribution is 2.21. The lowest BCUT2D eigenvalue weighted by molar-refractivity contribution is -0.115. The van der Waals surface area contributed by atoms with Crippen LogP contribution in [0.3, 0.4) is 0 Å². The van der Waals surface area contributed by atoms with Crippen molar-refractivity contribution in [3.63, 3.8) is 0 Å². The van der Waals surface area contributed by atoms with Gasteiger partial charge in [0.1, 0.15) is 0 Å². The summed E-state index contributed by atoms with van der Waals surface area (Å²) >= 11 is 1.56. The maximum atomic E-state index is 12.4. The van der Waals surface area contributed by atoms with Gasteiger partial charge in [0.15, 0.2) is 0 Å². The molecule has 5 nitrogen and oxygen atoms in total. The number of benzene rings is 2. The summed E-state index contributed by atoms with van der Waals surface area (Å²) in [6.45, 7) is 2.62. The largest absolute Gasteiger partial charge is 0.351 e. The molecule has 0 radical (unpaired) electrons. The SMILES string of the molecule is CC(SCc1ccccc1)C(=O)Nc1ccccc1C(=O)NCCN. The Labute approximate surface area is 152 Å². The van der Waals surface area contributed by atoms with Gasteiger partial charge in [-0.3, -0.25) is 9.59 Å². The monoisotopic (exact) mass is 357 g/mol. The van der Waals surface area contributed by atoms with E-state index in [1.165, 1.54) is 5.56 Å². The zero-order valence-electron chi connectivity index (χ0n) is 14.2. The van der Waals surface area contributed by atoms with Gasteiger partial charge >= 0.3 is 0 Å². The lowest BCUT2D eigenvalue weighted by atomic mass is 10.1. The Kier molecular flexibility index (Phi) is 7.50. The minimum Gasteiger partial charge on any atom is -0.351 e. The Morgan fingerprint density at radius 2 is 1.76 bits per heavy atom. The number of para-hydroxylation sites is 1. The van der Waals surface area contributed by atoms with E-state index in [-0.39, 0.29) is 17.1 Å². The van der Waals surface area contributed by atoms with Gasteiger partial charge in [0, 0.05) is 18.8 Å². The number of nitrogens with one attached hydrogen (secondary N) is 2. The number of carbonyl (C=O) groups is 2. The van der Waals surface area contributed by atoms with Gasteiger partial charge in [-0.15, -0.1) is 11.8 Å². The first-order valence-electron chi connectivity index (χ1n) is 8.15. The smallest absolute Gasteiger partial charge is 0.253 e. The molecular formula is C19H23N3O2S. The number of carbonyl (C=O) groups excluding carboxylic acids is 2. The third-order valence-corrected chi connectivity index (χ3v) is 4.79. The van der Waals surface area contributed by atoms with Crippen LogP contribution in [0.25, 0.3) is 0 Å². The number of nitrogens with two attached hydrogens (primary N) is 1. The molecule has 25 heavy (non-hydrogen) atoms. The predicted octanol–water partition coefficient (Wildman–Crippen LogP) is 2.64. The van der Waals surface area contributed by atoms with Gasteiger partial charge in [-0.25, -0.2) is 0 Å². The molecule has 2 aromatic rings. The molecule has 0 heterocycles. The molecule has 0 spiro atoms. The summed E-state index contributed by atoms with van der Waals surface area (Å²) < 4.78 is 0. The van der Waals surface area contributed by atoms with Crippen molar-refractivity contribution in [3.05, 3.63) is 65.7 Å². The third-order valence-electron chi connectivity index (χ3n) is 3.57. The topological polar surface area (TPSA) is 84.2 Å². The molecule has 0 saturated carbocycles. The molecule has 0 aliphatic carbocycles. The molecule has 1 unspecified atom stereocenters. The van der Waals surface area contributed by atoms with Gasteiger partial charge in [0.2, 0.25) is 5.91 Å². The molecule has 0 aliphatic rings. The fraction of sp³-hybridized carbons (Fsp3) is 0.263. The molecule has 1 atom stereocenters. The highest BCUT2D eigenvalue weighted by atomic mass is 32.2. The van der Waals surface area contributed by atoms with Crippen LogP contribution in [0.5, 0.6) is 0 Å². The average Bonchev–Trinajstić information content (AvgIpc) is 2.65. The van der Waals surface area contributed by atoms with Crippen molar-refractivity contribution >= 4 is 29.3 Å². The molecule has 0 bridgehead atoms. The van der Waals surface area contributed by atoms with Crippen LogP contribution >= 0.6 is 11.8 Å². The number of amides is 2. The van der Waals surface area contributed by atoms with Gasteiger partial charge in [0.25, 0.3) is 5.91 Å². The standard InChI is InChI=1S/C19H23N3O2S/c1-14(25-13-15-7-3-2-4-8-15)18(23)22-17-10-6-5-9-16(17)19(24)21-12-11-20/h2-10,14H,11-13,20H2,1H3,(H,21,24)(H,22,23). The number of hydrogen-bond donors (Lipinski definition) is 3. The number of hydrogen-bond acceptors (Lipinski definition) is 4. The van der Waals surface area contributed by atoms with E-state index in [0.717, 1.165) is 5.75 Å². The summed E-state index contributed by atoms with van der Waals surface area (Å²) in [6, 6.07) is 17.0. The summed E-state index contributed by atoms with van der Waals surface area (Å²) in [5.41, 5.74) is 7.53. The van der Waals surface area contributed by atoms with Crippen molar-refractivity contribution < 1.29 is 9.59 Å². The predicted molar refractivity (Wildman–Crippen MR) is 104 cm³/mol. The molecule has 132 valence electrons. The molecule has 0 saturated heterocycles. The Morgan fingerprint density at radius 3 is 2.48 bits per heavy atom. The number of thioether (sulfide) groups is 1. The van der Waals surface area contributed by atoms with Crippen LogP contribution in [0.2, 0.25) is 0 Å². The average molecular weight is 357 g/mol. The maximum Gasteiger partial charge on any atom is 0.253 e. The Morgan fingerprint density at radius 1 is 1.08 bits per heavy atom. The van der Waals surface area contributed by atoms with Crippen molar-refractivity contribution in [3.8, 4) is 0 Å². The van der Waals surface area contributed by atoms with Crippen LogP contribution in [0.15, 0.2) is 54.6 Å². The lowest BCUT2D eigenvalue weighted by Crippen LogP contribution is -2.30. The second-order valence-electron chi connectivity index (χ2n) is 5.52. The fourth-order valence-corrected chi connectivity index (χ4v) is 3.02. The van der Waals surface area contributed by atoms with Crippen molar-refractivity contribution in [1.29, 1.82) is 0 Å². The minimum atomic E-state index is -0.244. The van der Waals surface area contributed by atoms with Crippen molar-refractivity contribution in [2.45, 2.75) is 17.9 Å². The normalized spacial score (nSPS) is 11.6. The zero-order chi connectivity index (χ0) is 18.1. The summed E-state index contributed by atoms with van der Waals surface area (Å²) in [5.74, 6) is 0.389. The quantitative estimate of drug-likeness (QED) is 0.678. The molecule has 0 aromatic heterocycles. The summed E-state index contributed by atoms with van der Waals surface area (Å²) in [5, 5.41) is 5.33. The Hall–Kier alpha value is -2.31. The highest BCUT2D eigenvalue weighted by Gasteiger charge is 2.17. The molecule has 2 aromatic carbocycles. The number of anilines is 1. The van der Waals surface area contributed by atoms with E-state index >= 15 is 0 Å². The van der Waals surface area contributed by atoms with Gasteiger partial charge in [-0.05, 0) is 24.6 Å². The zero-order valence-corrected chi connectivity index (χ0v) is 15.0. The summed E-state index contributed by atoms with van der Waals surface area (Å²) in [7, 11) is 0. The first-order valence-corrected chi connectivity index (χ1v) is 9.20. The van der Waals surface area contributed by atoms with Gasteiger partial charge < -0.3 is 16.4 Å². The van der Waals surface area contributed by atoms with Gasteiger partial charge in [-0.2, -0.15) is 0 Å². The molecular weight excluding hydrogens is 334 g/mol. The lowest BCUT2D eigenvalue weighted by Gasteiger charge is -2.14. The molecule has 0 aliphatic heterocycles. The fourth-order valence-electron chi connectivity index (χ4n) is 2.18. The Bertz CT molecular complexity index is 707.